The Morgan fingerprint density at radius 3 is 2.29 bits per heavy atom. The maximum absolute atomic E-state index is 5.73. The molecule has 0 aliphatic carbocycles. The van der Waals surface area contributed by atoms with Crippen LogP contribution in [0.5, 0.6) is 0 Å². The van der Waals surface area contributed by atoms with Crippen molar-refractivity contribution in [2.45, 2.75) is 57.9 Å². The first-order valence-electron chi connectivity index (χ1n) is 6.76. The molecule has 17 heavy (non-hydrogen) atoms. The molecule has 1 aromatic carbocycles. The van der Waals surface area contributed by atoms with Crippen molar-refractivity contribution in [3.8, 4) is 0 Å². The molecule has 0 heterocycles. The van der Waals surface area contributed by atoms with Gasteiger partial charge in [0.15, 0.2) is 0 Å². The van der Waals surface area contributed by atoms with Crippen LogP contribution in [0.3, 0.4) is 0 Å². The summed E-state index contributed by atoms with van der Waals surface area (Å²) in [5.74, 6) is 5.73. The summed E-state index contributed by atoms with van der Waals surface area (Å²) in [6.45, 7) is 4.43. The van der Waals surface area contributed by atoms with E-state index >= 15 is 0 Å². The molecule has 0 amide bonds. The largest absolute Gasteiger partial charge is 0.271 e. The Bertz CT molecular complexity index is 297. The molecule has 0 aliphatic heterocycles. The van der Waals surface area contributed by atoms with Gasteiger partial charge in [-0.2, -0.15) is 0 Å². The standard InChI is InChI=1S/C15H26N2/c1-3-4-5-6-10-13-15(2,17-16)14-11-8-7-9-12-14/h7-9,11-12,17H,3-6,10,13,16H2,1-2H3. The zero-order valence-corrected chi connectivity index (χ0v) is 11.2. The Hall–Kier alpha value is -0.860. The van der Waals surface area contributed by atoms with Crippen molar-refractivity contribution in [2.75, 3.05) is 0 Å². The lowest BCUT2D eigenvalue weighted by atomic mass is 9.87. The highest BCUT2D eigenvalue weighted by Gasteiger charge is 2.23. The van der Waals surface area contributed by atoms with E-state index in [1.165, 1.54) is 37.7 Å². The number of hydrogen-bond acceptors (Lipinski definition) is 2. The quantitative estimate of drug-likeness (QED) is 0.408. The van der Waals surface area contributed by atoms with E-state index in [2.05, 4.69) is 43.5 Å². The molecule has 1 aromatic rings. The van der Waals surface area contributed by atoms with Crippen LogP contribution < -0.4 is 11.3 Å². The molecule has 0 aliphatic rings. The molecule has 1 atom stereocenters. The number of benzene rings is 1. The highest BCUT2D eigenvalue weighted by Crippen LogP contribution is 2.26. The molecule has 0 saturated carbocycles. The van der Waals surface area contributed by atoms with E-state index in [1.54, 1.807) is 0 Å². The SMILES string of the molecule is CCCCCCCC(C)(NN)c1ccccc1. The summed E-state index contributed by atoms with van der Waals surface area (Å²) in [5, 5.41) is 0. The van der Waals surface area contributed by atoms with Crippen molar-refractivity contribution in [3.05, 3.63) is 35.9 Å². The second kappa shape index (κ2) is 7.46. The normalized spacial score (nSPS) is 14.5. The Balaban J connectivity index is 2.46. The third-order valence-corrected chi connectivity index (χ3v) is 3.51. The molecule has 0 aromatic heterocycles. The Kier molecular flexibility index (Phi) is 6.23. The van der Waals surface area contributed by atoms with Gasteiger partial charge < -0.3 is 0 Å². The summed E-state index contributed by atoms with van der Waals surface area (Å²) >= 11 is 0. The molecular formula is C15H26N2. The molecule has 0 saturated heterocycles. The number of nitrogens with one attached hydrogen (secondary N) is 1. The van der Waals surface area contributed by atoms with Gasteiger partial charge in [-0.15, -0.1) is 0 Å². The molecule has 96 valence electrons. The van der Waals surface area contributed by atoms with Crippen molar-refractivity contribution in [1.82, 2.24) is 5.43 Å². The van der Waals surface area contributed by atoms with Crippen molar-refractivity contribution in [1.29, 1.82) is 0 Å². The zero-order chi connectivity index (χ0) is 12.6. The van der Waals surface area contributed by atoms with Gasteiger partial charge in [0.05, 0.1) is 5.54 Å². The molecular weight excluding hydrogens is 208 g/mol. The first kappa shape index (κ1) is 14.2. The number of unbranched alkanes of at least 4 members (excludes halogenated alkanes) is 4. The average molecular weight is 234 g/mol. The van der Waals surface area contributed by atoms with E-state index < -0.39 is 0 Å². The lowest BCUT2D eigenvalue weighted by Gasteiger charge is -2.29. The minimum absolute atomic E-state index is 0.0898. The van der Waals surface area contributed by atoms with Crippen LogP contribution >= 0.6 is 0 Å². The number of nitrogens with two attached hydrogens (primary N) is 1. The maximum atomic E-state index is 5.73. The zero-order valence-electron chi connectivity index (χ0n) is 11.2. The monoisotopic (exact) mass is 234 g/mol. The highest BCUT2D eigenvalue weighted by molar-refractivity contribution is 5.23. The summed E-state index contributed by atoms with van der Waals surface area (Å²) in [7, 11) is 0. The fraction of sp³-hybridized carbons (Fsp3) is 0.600. The maximum Gasteiger partial charge on any atom is 0.0541 e. The van der Waals surface area contributed by atoms with Crippen molar-refractivity contribution >= 4 is 0 Å². The minimum atomic E-state index is -0.0898. The number of hydrogen-bond donors (Lipinski definition) is 2. The lowest BCUT2D eigenvalue weighted by molar-refractivity contribution is 0.331. The van der Waals surface area contributed by atoms with Crippen LogP contribution in [-0.4, -0.2) is 0 Å². The van der Waals surface area contributed by atoms with Gasteiger partial charge in [-0.05, 0) is 18.9 Å². The third-order valence-electron chi connectivity index (χ3n) is 3.51. The van der Waals surface area contributed by atoms with Gasteiger partial charge in [0.1, 0.15) is 0 Å². The van der Waals surface area contributed by atoms with Crippen molar-refractivity contribution in [3.63, 3.8) is 0 Å². The van der Waals surface area contributed by atoms with Gasteiger partial charge in [-0.1, -0.05) is 69.4 Å². The van der Waals surface area contributed by atoms with Crippen LogP contribution in [0, 0.1) is 0 Å². The van der Waals surface area contributed by atoms with Gasteiger partial charge >= 0.3 is 0 Å². The summed E-state index contributed by atoms with van der Waals surface area (Å²) < 4.78 is 0. The van der Waals surface area contributed by atoms with E-state index in [1.807, 2.05) is 6.07 Å². The van der Waals surface area contributed by atoms with Gasteiger partial charge in [0, 0.05) is 0 Å². The van der Waals surface area contributed by atoms with Crippen LogP contribution in [0.1, 0.15) is 57.9 Å². The fourth-order valence-corrected chi connectivity index (χ4v) is 2.19. The predicted octanol–water partition coefficient (Wildman–Crippen LogP) is 3.73. The molecule has 0 bridgehead atoms. The van der Waals surface area contributed by atoms with Crippen LogP contribution in [0.25, 0.3) is 0 Å². The second-order valence-electron chi connectivity index (χ2n) is 5.01. The van der Waals surface area contributed by atoms with Crippen LogP contribution in [0.15, 0.2) is 30.3 Å². The van der Waals surface area contributed by atoms with E-state index in [0.717, 1.165) is 6.42 Å². The van der Waals surface area contributed by atoms with Crippen LogP contribution in [-0.2, 0) is 5.54 Å². The van der Waals surface area contributed by atoms with Crippen molar-refractivity contribution in [2.24, 2.45) is 5.84 Å². The van der Waals surface area contributed by atoms with E-state index in [9.17, 15) is 0 Å². The summed E-state index contributed by atoms with van der Waals surface area (Å²) in [6, 6.07) is 10.5. The van der Waals surface area contributed by atoms with Gasteiger partial charge in [0.25, 0.3) is 0 Å². The van der Waals surface area contributed by atoms with Gasteiger partial charge in [-0.3, -0.25) is 11.3 Å². The third kappa shape index (κ3) is 4.49. The molecule has 3 N–H and O–H groups in total. The number of hydrazine groups is 1. The van der Waals surface area contributed by atoms with Crippen molar-refractivity contribution < 1.29 is 0 Å². The number of rotatable bonds is 8. The Morgan fingerprint density at radius 1 is 1.06 bits per heavy atom. The van der Waals surface area contributed by atoms with E-state index in [4.69, 9.17) is 5.84 Å². The molecule has 0 fully saturated rings. The average Bonchev–Trinajstić information content (AvgIpc) is 2.39. The van der Waals surface area contributed by atoms with Crippen LogP contribution in [0.2, 0.25) is 0 Å². The fourth-order valence-electron chi connectivity index (χ4n) is 2.19. The van der Waals surface area contributed by atoms with E-state index in [-0.39, 0.29) is 5.54 Å². The molecule has 0 spiro atoms. The topological polar surface area (TPSA) is 38.0 Å². The molecule has 1 rings (SSSR count). The Morgan fingerprint density at radius 2 is 1.71 bits per heavy atom. The summed E-state index contributed by atoms with van der Waals surface area (Å²) in [5.41, 5.74) is 4.17. The molecule has 1 unspecified atom stereocenters. The highest BCUT2D eigenvalue weighted by atomic mass is 15.3. The predicted molar refractivity (Wildman–Crippen MR) is 74.5 cm³/mol. The van der Waals surface area contributed by atoms with Crippen LogP contribution in [0.4, 0.5) is 0 Å². The molecule has 0 radical (unpaired) electrons. The minimum Gasteiger partial charge on any atom is -0.271 e. The lowest BCUT2D eigenvalue weighted by Crippen LogP contribution is -2.44. The van der Waals surface area contributed by atoms with Gasteiger partial charge in [0.2, 0.25) is 0 Å². The Labute approximate surface area is 106 Å². The molecule has 2 heteroatoms. The molecule has 2 nitrogen and oxygen atoms in total. The van der Waals surface area contributed by atoms with Gasteiger partial charge in [-0.25, -0.2) is 0 Å². The van der Waals surface area contributed by atoms with E-state index in [0.29, 0.717) is 0 Å². The smallest absolute Gasteiger partial charge is 0.0541 e. The second-order valence-corrected chi connectivity index (χ2v) is 5.01. The summed E-state index contributed by atoms with van der Waals surface area (Å²) in [4.78, 5) is 0. The summed E-state index contributed by atoms with van der Waals surface area (Å²) in [6.07, 6.45) is 7.61. The first-order valence-corrected chi connectivity index (χ1v) is 6.76. The first-order chi connectivity index (χ1) is 8.23.